The first-order valence-electron chi connectivity index (χ1n) is 11.3. The van der Waals surface area contributed by atoms with Crippen LogP contribution < -0.4 is 8.92 Å². The molecular formula is C25H30ClNO8S. The summed E-state index contributed by atoms with van der Waals surface area (Å²) in [5, 5.41) is -0.00433. The highest BCUT2D eigenvalue weighted by Crippen LogP contribution is 2.42. The minimum absolute atomic E-state index is 0.00433. The monoisotopic (exact) mass is 539 g/mol. The summed E-state index contributed by atoms with van der Waals surface area (Å²) in [5.74, 6) is -0.794. The summed E-state index contributed by atoms with van der Waals surface area (Å²) in [4.78, 5) is 26.3. The topological polar surface area (TPSA) is 108 Å². The number of likely N-dealkylation sites (tertiary alicyclic amines) is 1. The number of carbonyl (C=O) groups excluding carboxylic acids is 2. The van der Waals surface area contributed by atoms with Gasteiger partial charge in [-0.2, -0.15) is 8.42 Å². The Morgan fingerprint density at radius 3 is 2.25 bits per heavy atom. The van der Waals surface area contributed by atoms with Crippen LogP contribution in [0.5, 0.6) is 11.5 Å². The number of rotatable bonds is 6. The minimum atomic E-state index is -4.34. The van der Waals surface area contributed by atoms with Crippen molar-refractivity contribution in [2.45, 2.75) is 50.0 Å². The molecule has 1 fully saturated rings. The molecule has 36 heavy (non-hydrogen) atoms. The van der Waals surface area contributed by atoms with E-state index in [1.807, 2.05) is 0 Å². The van der Waals surface area contributed by atoms with Crippen LogP contribution >= 0.6 is 11.6 Å². The molecule has 1 aliphatic rings. The molecule has 1 saturated heterocycles. The fourth-order valence-corrected chi connectivity index (χ4v) is 5.37. The van der Waals surface area contributed by atoms with Gasteiger partial charge in [0.2, 0.25) is 0 Å². The molecule has 1 amide bonds. The second kappa shape index (κ2) is 11.0. The van der Waals surface area contributed by atoms with Crippen molar-refractivity contribution >= 4 is 33.8 Å². The Balaban J connectivity index is 1.96. The molecule has 196 valence electrons. The number of ether oxygens (including phenoxy) is 3. The van der Waals surface area contributed by atoms with Crippen molar-refractivity contribution in [3.05, 3.63) is 52.5 Å². The summed E-state index contributed by atoms with van der Waals surface area (Å²) >= 11 is 6.08. The van der Waals surface area contributed by atoms with E-state index in [1.54, 1.807) is 37.8 Å². The Bertz CT molecular complexity index is 1230. The van der Waals surface area contributed by atoms with Gasteiger partial charge in [0.15, 0.2) is 11.5 Å². The van der Waals surface area contributed by atoms with Crippen LogP contribution in [0.1, 0.15) is 55.5 Å². The largest absolute Gasteiger partial charge is 0.492 e. The summed E-state index contributed by atoms with van der Waals surface area (Å²) in [6.07, 6.45) is 0.680. The first-order valence-corrected chi connectivity index (χ1v) is 13.1. The lowest BCUT2D eigenvalue weighted by Crippen LogP contribution is -2.41. The standard InChI is InChI=1S/C25H30ClNO8S/c1-25(2,3)34-24(29)27-12-10-16(11-13-27)18-14-17(23(28)33-5)15-20(22(18)32-4)35-36(30,31)21-9-7-6-8-19(21)26/h6-9,14-16H,10-13H2,1-5H3. The van der Waals surface area contributed by atoms with Gasteiger partial charge in [0, 0.05) is 24.7 Å². The Labute approximate surface area is 216 Å². The zero-order valence-corrected chi connectivity index (χ0v) is 22.4. The summed E-state index contributed by atoms with van der Waals surface area (Å²) < 4.78 is 47.4. The molecule has 0 saturated carbocycles. The van der Waals surface area contributed by atoms with E-state index in [4.69, 9.17) is 30.0 Å². The Morgan fingerprint density at radius 1 is 1.06 bits per heavy atom. The highest BCUT2D eigenvalue weighted by atomic mass is 35.5. The summed E-state index contributed by atoms with van der Waals surface area (Å²) in [6, 6.07) is 8.74. The third-order valence-corrected chi connectivity index (χ3v) is 7.34. The van der Waals surface area contributed by atoms with Crippen molar-refractivity contribution in [2.75, 3.05) is 27.3 Å². The maximum absolute atomic E-state index is 13.0. The maximum Gasteiger partial charge on any atom is 0.410 e. The van der Waals surface area contributed by atoms with Crippen molar-refractivity contribution in [1.29, 1.82) is 0 Å². The van der Waals surface area contributed by atoms with E-state index >= 15 is 0 Å². The van der Waals surface area contributed by atoms with Crippen LogP contribution in [0.15, 0.2) is 41.3 Å². The first-order chi connectivity index (χ1) is 16.9. The van der Waals surface area contributed by atoms with Gasteiger partial charge >= 0.3 is 22.2 Å². The molecule has 2 aromatic rings. The van der Waals surface area contributed by atoms with Crippen LogP contribution in [0.4, 0.5) is 4.79 Å². The zero-order chi connectivity index (χ0) is 26.7. The molecule has 0 atom stereocenters. The fourth-order valence-electron chi connectivity index (χ4n) is 3.95. The molecule has 3 rings (SSSR count). The van der Waals surface area contributed by atoms with Crippen molar-refractivity contribution in [1.82, 2.24) is 4.90 Å². The molecule has 11 heteroatoms. The molecule has 1 heterocycles. The maximum atomic E-state index is 13.0. The molecule has 2 aromatic carbocycles. The Hall–Kier alpha value is -2.98. The number of esters is 1. The van der Waals surface area contributed by atoms with Gasteiger partial charge in [-0.15, -0.1) is 0 Å². The van der Waals surface area contributed by atoms with Gasteiger partial charge in [-0.05, 0) is 57.7 Å². The second-order valence-electron chi connectivity index (χ2n) is 9.30. The summed E-state index contributed by atoms with van der Waals surface area (Å²) in [5.41, 5.74) is 0.0755. The summed E-state index contributed by atoms with van der Waals surface area (Å²) in [7, 11) is -1.73. The molecule has 0 radical (unpaired) electrons. The van der Waals surface area contributed by atoms with Gasteiger partial charge < -0.3 is 23.3 Å². The number of carbonyl (C=O) groups is 2. The van der Waals surface area contributed by atoms with Crippen molar-refractivity contribution in [3.63, 3.8) is 0 Å². The second-order valence-corrected chi connectivity index (χ2v) is 11.2. The predicted octanol–water partition coefficient (Wildman–Crippen LogP) is 5.02. The van der Waals surface area contributed by atoms with Crippen LogP contribution in [0.25, 0.3) is 0 Å². The van der Waals surface area contributed by atoms with E-state index in [9.17, 15) is 18.0 Å². The van der Waals surface area contributed by atoms with E-state index in [2.05, 4.69) is 0 Å². The van der Waals surface area contributed by atoms with Crippen molar-refractivity contribution < 1.29 is 36.4 Å². The third kappa shape index (κ3) is 6.41. The first kappa shape index (κ1) is 27.6. The number of hydrogen-bond donors (Lipinski definition) is 0. The molecule has 0 aliphatic carbocycles. The molecular weight excluding hydrogens is 510 g/mol. The van der Waals surface area contributed by atoms with Gasteiger partial charge in [-0.1, -0.05) is 23.7 Å². The lowest BCUT2D eigenvalue weighted by Gasteiger charge is -2.34. The van der Waals surface area contributed by atoms with Gasteiger partial charge in [0.25, 0.3) is 0 Å². The number of amides is 1. The van der Waals surface area contributed by atoms with Gasteiger partial charge in [-0.25, -0.2) is 9.59 Å². The molecule has 0 N–H and O–H groups in total. The SMILES string of the molecule is COC(=O)c1cc(OS(=O)(=O)c2ccccc2Cl)c(OC)c(C2CCN(C(=O)OC(C)(C)C)CC2)c1. The van der Waals surface area contributed by atoms with Gasteiger partial charge in [-0.3, -0.25) is 0 Å². The lowest BCUT2D eigenvalue weighted by atomic mass is 9.87. The molecule has 0 bridgehead atoms. The van der Waals surface area contributed by atoms with E-state index in [-0.39, 0.29) is 32.9 Å². The van der Waals surface area contributed by atoms with E-state index in [1.165, 1.54) is 38.5 Å². The van der Waals surface area contributed by atoms with Crippen LogP contribution in [0, 0.1) is 0 Å². The highest BCUT2D eigenvalue weighted by molar-refractivity contribution is 7.87. The number of piperidine rings is 1. The average Bonchev–Trinajstić information content (AvgIpc) is 2.82. The molecule has 0 aromatic heterocycles. The predicted molar refractivity (Wildman–Crippen MR) is 133 cm³/mol. The Morgan fingerprint density at radius 2 is 1.69 bits per heavy atom. The number of nitrogens with zero attached hydrogens (tertiary/aromatic N) is 1. The average molecular weight is 540 g/mol. The molecule has 0 unspecified atom stereocenters. The molecule has 9 nitrogen and oxygen atoms in total. The molecule has 0 spiro atoms. The van der Waals surface area contributed by atoms with Crippen molar-refractivity contribution in [2.24, 2.45) is 0 Å². The highest BCUT2D eigenvalue weighted by Gasteiger charge is 2.32. The number of benzene rings is 2. The quantitative estimate of drug-likeness (QED) is 0.372. The van der Waals surface area contributed by atoms with E-state index < -0.39 is 27.8 Å². The van der Waals surface area contributed by atoms with Crippen molar-refractivity contribution in [3.8, 4) is 11.5 Å². The zero-order valence-electron chi connectivity index (χ0n) is 20.9. The molecule has 1 aliphatic heterocycles. The number of methoxy groups -OCH3 is 2. The van der Waals surface area contributed by atoms with E-state index in [0.717, 1.165) is 0 Å². The summed E-state index contributed by atoms with van der Waals surface area (Å²) in [6.45, 7) is 6.25. The van der Waals surface area contributed by atoms with Crippen LogP contribution in [-0.2, 0) is 19.6 Å². The van der Waals surface area contributed by atoms with Crippen LogP contribution in [0.3, 0.4) is 0 Å². The van der Waals surface area contributed by atoms with Gasteiger partial charge in [0.1, 0.15) is 10.5 Å². The van der Waals surface area contributed by atoms with Crippen LogP contribution in [-0.4, -0.2) is 58.3 Å². The Kier molecular flexibility index (Phi) is 8.40. The normalized spacial score (nSPS) is 14.8. The van der Waals surface area contributed by atoms with Gasteiger partial charge in [0.05, 0.1) is 24.8 Å². The number of hydrogen-bond acceptors (Lipinski definition) is 8. The smallest absolute Gasteiger partial charge is 0.410 e. The lowest BCUT2D eigenvalue weighted by molar-refractivity contribution is 0.0204. The fraction of sp³-hybridized carbons (Fsp3) is 0.440. The number of halogens is 1. The van der Waals surface area contributed by atoms with Crippen LogP contribution in [0.2, 0.25) is 5.02 Å². The third-order valence-electron chi connectivity index (χ3n) is 5.60. The van der Waals surface area contributed by atoms with E-state index in [0.29, 0.717) is 31.5 Å². The minimum Gasteiger partial charge on any atom is -0.492 e.